The van der Waals surface area contributed by atoms with Gasteiger partial charge in [-0.1, -0.05) is 26.2 Å². The fourth-order valence-corrected chi connectivity index (χ4v) is 5.13. The van der Waals surface area contributed by atoms with Crippen molar-refractivity contribution in [2.24, 2.45) is 17.6 Å². The summed E-state index contributed by atoms with van der Waals surface area (Å²) in [6.07, 6.45) is 5.99. The zero-order valence-corrected chi connectivity index (χ0v) is 13.6. The largest absolute Gasteiger partial charge is 0.326 e. The van der Waals surface area contributed by atoms with E-state index in [1.54, 1.807) is 11.4 Å². The summed E-state index contributed by atoms with van der Waals surface area (Å²) in [5, 5.41) is 1.81. The Hall–Kier alpha value is -0.430. The van der Waals surface area contributed by atoms with E-state index in [0.717, 1.165) is 24.3 Å². The number of nitrogens with one attached hydrogen (secondary N) is 1. The molecule has 0 unspecified atom stereocenters. The lowest BCUT2D eigenvalue weighted by atomic mass is 9.81. The molecule has 0 spiro atoms. The first-order valence-electron chi connectivity index (χ1n) is 7.32. The van der Waals surface area contributed by atoms with E-state index in [1.807, 2.05) is 0 Å². The van der Waals surface area contributed by atoms with Gasteiger partial charge in [0.1, 0.15) is 4.21 Å². The van der Waals surface area contributed by atoms with Crippen LogP contribution in [0.2, 0.25) is 0 Å². The maximum Gasteiger partial charge on any atom is 0.250 e. The Labute approximate surface area is 125 Å². The van der Waals surface area contributed by atoms with Crippen LogP contribution in [0.25, 0.3) is 0 Å². The van der Waals surface area contributed by atoms with Crippen LogP contribution in [0, 0.1) is 11.8 Å². The molecule has 1 aromatic rings. The van der Waals surface area contributed by atoms with Crippen LogP contribution in [0.5, 0.6) is 0 Å². The van der Waals surface area contributed by atoms with Crippen LogP contribution in [0.15, 0.2) is 15.7 Å². The van der Waals surface area contributed by atoms with Crippen LogP contribution in [-0.4, -0.2) is 15.0 Å². The second-order valence-electron chi connectivity index (χ2n) is 5.63. The van der Waals surface area contributed by atoms with E-state index in [0.29, 0.717) is 23.2 Å². The molecule has 1 saturated carbocycles. The van der Waals surface area contributed by atoms with Gasteiger partial charge in [-0.15, -0.1) is 11.3 Å². The Morgan fingerprint density at radius 1 is 1.30 bits per heavy atom. The average Bonchev–Trinajstić information content (AvgIpc) is 2.95. The summed E-state index contributed by atoms with van der Waals surface area (Å²) in [4.78, 5) is 0. The number of nitrogens with two attached hydrogens (primary N) is 1. The molecule has 1 aromatic heterocycles. The van der Waals surface area contributed by atoms with Crippen LogP contribution in [0.3, 0.4) is 0 Å². The Morgan fingerprint density at radius 2 is 1.95 bits per heavy atom. The van der Waals surface area contributed by atoms with Gasteiger partial charge < -0.3 is 5.73 Å². The minimum absolute atomic E-state index is 0.375. The van der Waals surface area contributed by atoms with Gasteiger partial charge >= 0.3 is 0 Å². The zero-order valence-electron chi connectivity index (χ0n) is 12.0. The van der Waals surface area contributed by atoms with Crippen molar-refractivity contribution in [3.8, 4) is 0 Å². The van der Waals surface area contributed by atoms with Crippen LogP contribution in [0.4, 0.5) is 0 Å². The number of rotatable bonds is 6. The highest BCUT2D eigenvalue weighted by Gasteiger charge is 2.23. The maximum atomic E-state index is 12.2. The lowest BCUT2D eigenvalue weighted by Gasteiger charge is -2.27. The van der Waals surface area contributed by atoms with E-state index in [4.69, 9.17) is 5.73 Å². The smallest absolute Gasteiger partial charge is 0.250 e. The van der Waals surface area contributed by atoms with E-state index in [9.17, 15) is 8.42 Å². The molecule has 0 atom stereocenters. The predicted octanol–water partition coefficient (Wildman–Crippen LogP) is 2.70. The van der Waals surface area contributed by atoms with Crippen LogP contribution in [0.1, 0.15) is 44.6 Å². The van der Waals surface area contributed by atoms with Crippen molar-refractivity contribution in [2.45, 2.75) is 49.8 Å². The first kappa shape index (κ1) is 15.9. The molecule has 0 aliphatic heterocycles. The van der Waals surface area contributed by atoms with Gasteiger partial charge in [-0.3, -0.25) is 0 Å². The van der Waals surface area contributed by atoms with Gasteiger partial charge in [0.05, 0.1) is 0 Å². The average molecular weight is 316 g/mol. The summed E-state index contributed by atoms with van der Waals surface area (Å²) in [7, 11) is -3.36. The zero-order chi connectivity index (χ0) is 14.6. The molecule has 114 valence electrons. The number of sulfonamides is 1. The second kappa shape index (κ2) is 7.02. The quantitative estimate of drug-likeness (QED) is 0.847. The highest BCUT2D eigenvalue weighted by atomic mass is 32.2. The molecule has 0 radical (unpaired) electrons. The van der Waals surface area contributed by atoms with Gasteiger partial charge in [-0.05, 0) is 41.7 Å². The Bertz CT molecular complexity index is 517. The van der Waals surface area contributed by atoms with E-state index >= 15 is 0 Å². The van der Waals surface area contributed by atoms with Gasteiger partial charge in [-0.2, -0.15) is 0 Å². The molecule has 0 amide bonds. The summed E-state index contributed by atoms with van der Waals surface area (Å²) >= 11 is 1.24. The van der Waals surface area contributed by atoms with Gasteiger partial charge in [0.15, 0.2) is 0 Å². The molecule has 1 aliphatic rings. The molecule has 2 rings (SSSR count). The number of hydrogen-bond acceptors (Lipinski definition) is 4. The highest BCUT2D eigenvalue weighted by Crippen LogP contribution is 2.30. The van der Waals surface area contributed by atoms with Crippen molar-refractivity contribution >= 4 is 21.4 Å². The van der Waals surface area contributed by atoms with Crippen molar-refractivity contribution < 1.29 is 8.42 Å². The number of thiophene rings is 1. The molecular formula is C14H24N2O2S2. The summed E-state index contributed by atoms with van der Waals surface area (Å²) in [6.45, 7) is 3.18. The van der Waals surface area contributed by atoms with E-state index in [2.05, 4.69) is 11.6 Å². The first-order chi connectivity index (χ1) is 9.55. The van der Waals surface area contributed by atoms with Crippen LogP contribution < -0.4 is 10.5 Å². The highest BCUT2D eigenvalue weighted by molar-refractivity contribution is 7.91. The Morgan fingerprint density at radius 3 is 2.50 bits per heavy atom. The van der Waals surface area contributed by atoms with E-state index < -0.39 is 10.0 Å². The second-order valence-corrected chi connectivity index (χ2v) is 8.53. The lowest BCUT2D eigenvalue weighted by molar-refractivity contribution is 0.270. The number of hydrogen-bond donors (Lipinski definition) is 2. The molecule has 3 N–H and O–H groups in total. The first-order valence-corrected chi connectivity index (χ1v) is 9.68. The summed E-state index contributed by atoms with van der Waals surface area (Å²) in [5.41, 5.74) is 6.39. The van der Waals surface area contributed by atoms with Gasteiger partial charge in [0, 0.05) is 13.1 Å². The normalized spacial score (nSPS) is 23.9. The molecule has 0 bridgehead atoms. The van der Waals surface area contributed by atoms with E-state index in [1.165, 1.54) is 30.6 Å². The summed E-state index contributed by atoms with van der Waals surface area (Å²) < 4.78 is 27.5. The molecule has 0 saturated heterocycles. The minimum Gasteiger partial charge on any atom is -0.326 e. The van der Waals surface area contributed by atoms with Crippen molar-refractivity contribution in [1.29, 1.82) is 0 Å². The monoisotopic (exact) mass is 316 g/mol. The SMILES string of the molecule is CCC1CCC(CNS(=O)(=O)c2cc(CN)cs2)CC1. The van der Waals surface area contributed by atoms with Gasteiger partial charge in [-0.25, -0.2) is 13.1 Å². The molecule has 6 heteroatoms. The van der Waals surface area contributed by atoms with Crippen molar-refractivity contribution in [3.63, 3.8) is 0 Å². The minimum atomic E-state index is -3.36. The van der Waals surface area contributed by atoms with Gasteiger partial charge in [0.25, 0.3) is 0 Å². The topological polar surface area (TPSA) is 72.2 Å². The fourth-order valence-electron chi connectivity index (χ4n) is 2.74. The summed E-state index contributed by atoms with van der Waals surface area (Å²) in [5.74, 6) is 1.33. The molecular weight excluding hydrogens is 292 g/mol. The summed E-state index contributed by atoms with van der Waals surface area (Å²) in [6, 6.07) is 1.67. The Kier molecular flexibility index (Phi) is 5.60. The van der Waals surface area contributed by atoms with Crippen molar-refractivity contribution in [1.82, 2.24) is 4.72 Å². The third kappa shape index (κ3) is 4.04. The van der Waals surface area contributed by atoms with Gasteiger partial charge in [0.2, 0.25) is 10.0 Å². The van der Waals surface area contributed by atoms with Crippen LogP contribution >= 0.6 is 11.3 Å². The van der Waals surface area contributed by atoms with Crippen molar-refractivity contribution in [2.75, 3.05) is 6.54 Å². The molecule has 1 heterocycles. The molecule has 20 heavy (non-hydrogen) atoms. The third-order valence-corrected chi connectivity index (χ3v) is 7.15. The standard InChI is InChI=1S/C14H24N2O2S2/c1-2-11-3-5-12(6-4-11)9-16-20(17,18)14-7-13(8-15)10-19-14/h7,10-12,16H,2-6,8-9,15H2,1H3. The molecule has 4 nitrogen and oxygen atoms in total. The third-order valence-electron chi connectivity index (χ3n) is 4.24. The molecule has 0 aromatic carbocycles. The molecule has 1 fully saturated rings. The van der Waals surface area contributed by atoms with Crippen molar-refractivity contribution in [3.05, 3.63) is 17.0 Å². The lowest BCUT2D eigenvalue weighted by Crippen LogP contribution is -2.31. The predicted molar refractivity (Wildman–Crippen MR) is 83.1 cm³/mol. The molecule has 1 aliphatic carbocycles. The maximum absolute atomic E-state index is 12.2. The fraction of sp³-hybridized carbons (Fsp3) is 0.714. The Balaban J connectivity index is 1.87. The van der Waals surface area contributed by atoms with E-state index in [-0.39, 0.29) is 0 Å². The van der Waals surface area contributed by atoms with Crippen LogP contribution in [-0.2, 0) is 16.6 Å².